The van der Waals surface area contributed by atoms with Gasteiger partial charge >= 0.3 is 5.97 Å². The van der Waals surface area contributed by atoms with E-state index in [1.807, 2.05) is 6.92 Å². The molecular formula is C17H24N4O5. The molecular weight excluding hydrogens is 340 g/mol. The van der Waals surface area contributed by atoms with Gasteiger partial charge < -0.3 is 29.8 Å². The Balaban J connectivity index is 2.53. The average Bonchev–Trinajstić information content (AvgIpc) is 2.86. The third-order valence-electron chi connectivity index (χ3n) is 3.92. The Kier molecular flexibility index (Phi) is 6.53. The highest BCUT2D eigenvalue weighted by molar-refractivity contribution is 6.11. The molecule has 0 aliphatic heterocycles. The van der Waals surface area contributed by atoms with Gasteiger partial charge in [0.05, 0.1) is 24.7 Å². The van der Waals surface area contributed by atoms with Crippen molar-refractivity contribution >= 4 is 34.3 Å². The first-order chi connectivity index (χ1) is 12.4. The maximum Gasteiger partial charge on any atom is 0.356 e. The fourth-order valence-electron chi connectivity index (χ4n) is 2.71. The number of carbonyl (C=O) groups is 2. The van der Waals surface area contributed by atoms with Gasteiger partial charge in [0.25, 0.3) is 0 Å². The molecule has 9 nitrogen and oxygen atoms in total. The van der Waals surface area contributed by atoms with Crippen molar-refractivity contribution in [1.82, 2.24) is 9.55 Å². The van der Waals surface area contributed by atoms with Crippen molar-refractivity contribution in [2.24, 2.45) is 7.05 Å². The first-order valence-electron chi connectivity index (χ1n) is 8.15. The fraction of sp³-hybridized carbons (Fsp3) is 0.471. The summed E-state index contributed by atoms with van der Waals surface area (Å²) < 4.78 is 11.3. The standard InChI is InChI=1S/C17H24N4O5/c1-10(5-6-22)19-11-7-12-14(20-13(23)9-25-3)15(17(24)26-4)21(2)16(12)18-8-11/h7-8,10,19,22H,5-6,9H2,1-4H3,(H,20,23). The van der Waals surface area contributed by atoms with E-state index in [-0.39, 0.29) is 24.9 Å². The lowest BCUT2D eigenvalue weighted by Gasteiger charge is -2.13. The third kappa shape index (κ3) is 4.12. The number of methoxy groups -OCH3 is 2. The van der Waals surface area contributed by atoms with Crippen LogP contribution in [0.15, 0.2) is 12.3 Å². The van der Waals surface area contributed by atoms with Gasteiger partial charge in [0, 0.05) is 32.2 Å². The number of ether oxygens (including phenoxy) is 2. The summed E-state index contributed by atoms with van der Waals surface area (Å²) in [5.41, 5.74) is 1.75. The largest absolute Gasteiger partial charge is 0.464 e. The van der Waals surface area contributed by atoms with Crippen LogP contribution in [-0.2, 0) is 21.3 Å². The van der Waals surface area contributed by atoms with E-state index in [9.17, 15) is 9.59 Å². The van der Waals surface area contributed by atoms with Crippen LogP contribution in [0.5, 0.6) is 0 Å². The Hall–Kier alpha value is -2.65. The van der Waals surface area contributed by atoms with E-state index in [1.54, 1.807) is 23.9 Å². The molecule has 2 heterocycles. The summed E-state index contributed by atoms with van der Waals surface area (Å²) in [5.74, 6) is -0.974. The second kappa shape index (κ2) is 8.63. The maximum absolute atomic E-state index is 12.2. The minimum atomic E-state index is -0.582. The van der Waals surface area contributed by atoms with Crippen molar-refractivity contribution in [2.45, 2.75) is 19.4 Å². The van der Waals surface area contributed by atoms with Gasteiger partial charge in [0.2, 0.25) is 5.91 Å². The number of hydrogen-bond donors (Lipinski definition) is 3. The van der Waals surface area contributed by atoms with Crippen LogP contribution in [0.2, 0.25) is 0 Å². The van der Waals surface area contributed by atoms with Crippen LogP contribution in [-0.4, -0.2) is 60.0 Å². The lowest BCUT2D eigenvalue weighted by Crippen LogP contribution is -2.19. The lowest BCUT2D eigenvalue weighted by atomic mass is 10.2. The molecule has 0 aliphatic rings. The summed E-state index contributed by atoms with van der Waals surface area (Å²) in [6.45, 7) is 1.86. The Morgan fingerprint density at radius 1 is 1.38 bits per heavy atom. The molecule has 0 fully saturated rings. The molecule has 2 aromatic heterocycles. The van der Waals surface area contributed by atoms with Gasteiger partial charge in [-0.25, -0.2) is 9.78 Å². The number of anilines is 2. The summed E-state index contributed by atoms with van der Waals surface area (Å²) in [5, 5.41) is 15.6. The summed E-state index contributed by atoms with van der Waals surface area (Å²) in [6.07, 6.45) is 2.22. The summed E-state index contributed by atoms with van der Waals surface area (Å²) in [4.78, 5) is 28.6. The number of nitrogens with one attached hydrogen (secondary N) is 2. The number of nitrogens with zero attached hydrogens (tertiary/aromatic N) is 2. The monoisotopic (exact) mass is 364 g/mol. The van der Waals surface area contributed by atoms with Crippen molar-refractivity contribution in [3.8, 4) is 0 Å². The molecule has 0 saturated carbocycles. The quantitative estimate of drug-likeness (QED) is 0.602. The third-order valence-corrected chi connectivity index (χ3v) is 3.92. The molecule has 1 atom stereocenters. The molecule has 0 spiro atoms. The van der Waals surface area contributed by atoms with Gasteiger partial charge in [0.15, 0.2) is 5.69 Å². The van der Waals surface area contributed by atoms with Gasteiger partial charge in [-0.3, -0.25) is 4.79 Å². The van der Waals surface area contributed by atoms with Crippen LogP contribution >= 0.6 is 0 Å². The van der Waals surface area contributed by atoms with Crippen LogP contribution < -0.4 is 10.6 Å². The lowest BCUT2D eigenvalue weighted by molar-refractivity contribution is -0.119. The van der Waals surface area contributed by atoms with E-state index >= 15 is 0 Å². The summed E-state index contributed by atoms with van der Waals surface area (Å²) in [6, 6.07) is 1.83. The van der Waals surface area contributed by atoms with Crippen LogP contribution in [0.1, 0.15) is 23.8 Å². The Labute approximate surface area is 151 Å². The van der Waals surface area contributed by atoms with E-state index in [0.717, 1.165) is 0 Å². The van der Waals surface area contributed by atoms with Crippen molar-refractivity contribution in [3.05, 3.63) is 18.0 Å². The average molecular weight is 364 g/mol. The van der Waals surface area contributed by atoms with Crippen LogP contribution in [0.4, 0.5) is 11.4 Å². The zero-order valence-electron chi connectivity index (χ0n) is 15.3. The van der Waals surface area contributed by atoms with E-state index in [1.165, 1.54) is 14.2 Å². The van der Waals surface area contributed by atoms with Gasteiger partial charge in [-0.05, 0) is 19.4 Å². The molecule has 1 unspecified atom stereocenters. The van der Waals surface area contributed by atoms with Crippen LogP contribution in [0.25, 0.3) is 11.0 Å². The Morgan fingerprint density at radius 3 is 2.73 bits per heavy atom. The number of hydrogen-bond acceptors (Lipinski definition) is 7. The first kappa shape index (κ1) is 19.7. The van der Waals surface area contributed by atoms with E-state index < -0.39 is 11.9 Å². The van der Waals surface area contributed by atoms with Crippen molar-refractivity contribution < 1.29 is 24.2 Å². The first-order valence-corrected chi connectivity index (χ1v) is 8.15. The Bertz CT molecular complexity index is 802. The maximum atomic E-state index is 12.2. The molecule has 0 bridgehead atoms. The molecule has 26 heavy (non-hydrogen) atoms. The molecule has 0 radical (unpaired) electrons. The molecule has 142 valence electrons. The number of aliphatic hydroxyl groups is 1. The summed E-state index contributed by atoms with van der Waals surface area (Å²) >= 11 is 0. The molecule has 2 rings (SSSR count). The molecule has 1 amide bonds. The zero-order valence-corrected chi connectivity index (χ0v) is 15.3. The Morgan fingerprint density at radius 2 is 2.12 bits per heavy atom. The minimum absolute atomic E-state index is 0.0366. The highest BCUT2D eigenvalue weighted by Gasteiger charge is 2.24. The van der Waals surface area contributed by atoms with Crippen molar-refractivity contribution in [3.63, 3.8) is 0 Å². The molecule has 0 aliphatic carbocycles. The summed E-state index contributed by atoms with van der Waals surface area (Å²) in [7, 11) is 4.36. The zero-order chi connectivity index (χ0) is 19.3. The number of pyridine rings is 1. The molecule has 2 aromatic rings. The van der Waals surface area contributed by atoms with Gasteiger partial charge in [0.1, 0.15) is 12.3 Å². The van der Waals surface area contributed by atoms with Crippen molar-refractivity contribution in [2.75, 3.05) is 38.1 Å². The number of fused-ring (bicyclic) bond motifs is 1. The van der Waals surface area contributed by atoms with E-state index in [4.69, 9.17) is 14.6 Å². The molecule has 0 saturated heterocycles. The van der Waals surface area contributed by atoms with E-state index in [0.29, 0.717) is 28.8 Å². The number of rotatable bonds is 8. The number of carbonyl (C=O) groups excluding carboxylic acids is 2. The number of aryl methyl sites for hydroxylation is 1. The van der Waals surface area contributed by atoms with Gasteiger partial charge in [-0.1, -0.05) is 0 Å². The molecule has 0 aromatic carbocycles. The fourth-order valence-corrected chi connectivity index (χ4v) is 2.71. The van der Waals surface area contributed by atoms with Crippen LogP contribution in [0.3, 0.4) is 0 Å². The van der Waals surface area contributed by atoms with Crippen molar-refractivity contribution in [1.29, 1.82) is 0 Å². The number of amides is 1. The second-order valence-corrected chi connectivity index (χ2v) is 5.91. The highest BCUT2D eigenvalue weighted by atomic mass is 16.5. The molecule has 3 N–H and O–H groups in total. The molecule has 9 heteroatoms. The highest BCUT2D eigenvalue weighted by Crippen LogP contribution is 2.31. The number of aromatic nitrogens is 2. The van der Waals surface area contributed by atoms with E-state index in [2.05, 4.69) is 15.6 Å². The normalized spacial score (nSPS) is 12.0. The minimum Gasteiger partial charge on any atom is -0.464 e. The predicted molar refractivity (Wildman–Crippen MR) is 97.3 cm³/mol. The topological polar surface area (TPSA) is 115 Å². The van der Waals surface area contributed by atoms with Gasteiger partial charge in [-0.2, -0.15) is 0 Å². The van der Waals surface area contributed by atoms with Crippen LogP contribution in [0, 0.1) is 0 Å². The smallest absolute Gasteiger partial charge is 0.356 e. The predicted octanol–water partition coefficient (Wildman–Crippen LogP) is 1.13. The second-order valence-electron chi connectivity index (χ2n) is 5.91. The number of aliphatic hydroxyl groups excluding tert-OH is 1. The SMILES string of the molecule is COCC(=O)Nc1c(C(=O)OC)n(C)c2ncc(NC(C)CCO)cc12. The number of esters is 1. The van der Waals surface area contributed by atoms with Gasteiger partial charge in [-0.15, -0.1) is 0 Å².